The number of ether oxygens (including phenoxy) is 1. The molecule has 0 saturated carbocycles. The van der Waals surface area contributed by atoms with E-state index in [1.807, 2.05) is 62.8 Å². The summed E-state index contributed by atoms with van der Waals surface area (Å²) in [5.41, 5.74) is 10.4. The van der Waals surface area contributed by atoms with Crippen molar-refractivity contribution in [1.82, 2.24) is 14.9 Å². The zero-order valence-corrected chi connectivity index (χ0v) is 21.4. The number of amides is 1. The minimum atomic E-state index is -0.351. The van der Waals surface area contributed by atoms with Gasteiger partial charge in [0.05, 0.1) is 22.4 Å². The molecule has 0 aliphatic heterocycles. The summed E-state index contributed by atoms with van der Waals surface area (Å²) in [6, 6.07) is 10.8. The lowest BCUT2D eigenvalue weighted by Gasteiger charge is -2.20. The molecule has 2 aromatic carbocycles. The summed E-state index contributed by atoms with van der Waals surface area (Å²) >= 11 is 6.30. The fraction of sp³-hybridized carbons (Fsp3) is 0.333. The minimum Gasteiger partial charge on any atom is -0.489 e. The van der Waals surface area contributed by atoms with E-state index in [0.717, 1.165) is 28.2 Å². The Bertz CT molecular complexity index is 1200. The summed E-state index contributed by atoms with van der Waals surface area (Å²) in [6.45, 7) is 9.61. The van der Waals surface area contributed by atoms with Crippen molar-refractivity contribution in [1.29, 1.82) is 0 Å². The quantitative estimate of drug-likeness (QED) is 0.348. The average Bonchev–Trinajstić information content (AvgIpc) is 3.18. The molecule has 3 rings (SSSR count). The Labute approximate surface area is 211 Å². The maximum Gasteiger partial charge on any atom is 0.253 e. The molecular weight excluding hydrogens is 464 g/mol. The number of aryl methyl sites for hydroxylation is 1. The highest BCUT2D eigenvalue weighted by Crippen LogP contribution is 2.31. The van der Waals surface area contributed by atoms with Gasteiger partial charge in [-0.3, -0.25) is 4.79 Å². The summed E-state index contributed by atoms with van der Waals surface area (Å²) in [5, 5.41) is 12.8. The van der Waals surface area contributed by atoms with Gasteiger partial charge in [-0.25, -0.2) is 4.98 Å². The van der Waals surface area contributed by atoms with Gasteiger partial charge in [-0.1, -0.05) is 42.4 Å². The van der Waals surface area contributed by atoms with Gasteiger partial charge in [0.25, 0.3) is 5.91 Å². The van der Waals surface area contributed by atoms with Crippen molar-refractivity contribution in [3.63, 3.8) is 0 Å². The molecule has 35 heavy (non-hydrogen) atoms. The Balaban J connectivity index is 1.72. The molecule has 1 heterocycles. The van der Waals surface area contributed by atoms with Crippen LogP contribution in [0, 0.1) is 0 Å². The Morgan fingerprint density at radius 1 is 1.29 bits per heavy atom. The summed E-state index contributed by atoms with van der Waals surface area (Å²) < 4.78 is 7.59. The van der Waals surface area contributed by atoms with Crippen LogP contribution in [-0.4, -0.2) is 39.3 Å². The zero-order chi connectivity index (χ0) is 25.7. The van der Waals surface area contributed by atoms with Gasteiger partial charge in [-0.15, -0.1) is 0 Å². The number of nitrogen functional groups attached to an aromatic ring is 1. The van der Waals surface area contributed by atoms with Crippen LogP contribution in [0.3, 0.4) is 0 Å². The van der Waals surface area contributed by atoms with Crippen molar-refractivity contribution < 1.29 is 14.6 Å². The summed E-state index contributed by atoms with van der Waals surface area (Å²) in [4.78, 5) is 17.6. The van der Waals surface area contributed by atoms with Crippen molar-refractivity contribution in [3.05, 3.63) is 71.1 Å². The van der Waals surface area contributed by atoms with E-state index in [1.54, 1.807) is 6.07 Å². The SMILES string of the molecule is C=C(C)c1nc(-c2ccc(C[C@@H](CCO)NC(=O)c3cc(Cl)c(OC(C)C)cc3N)cc2)cn1C. The lowest BCUT2D eigenvalue weighted by molar-refractivity contribution is 0.0931. The number of imidazole rings is 1. The Morgan fingerprint density at radius 2 is 1.97 bits per heavy atom. The third-order valence-corrected chi connectivity index (χ3v) is 5.81. The van der Waals surface area contributed by atoms with E-state index < -0.39 is 0 Å². The molecule has 1 aromatic heterocycles. The predicted octanol–water partition coefficient (Wildman–Crippen LogP) is 4.87. The van der Waals surface area contributed by atoms with Crippen LogP contribution in [0.2, 0.25) is 5.02 Å². The van der Waals surface area contributed by atoms with E-state index in [0.29, 0.717) is 23.6 Å². The van der Waals surface area contributed by atoms with Crippen LogP contribution in [0.4, 0.5) is 5.69 Å². The van der Waals surface area contributed by atoms with Crippen LogP contribution in [0.1, 0.15) is 48.9 Å². The lowest BCUT2D eigenvalue weighted by Crippen LogP contribution is -2.37. The predicted molar refractivity (Wildman–Crippen MR) is 142 cm³/mol. The number of anilines is 1. The molecule has 7 nitrogen and oxygen atoms in total. The summed E-state index contributed by atoms with van der Waals surface area (Å²) in [7, 11) is 1.95. The van der Waals surface area contributed by atoms with Gasteiger partial charge >= 0.3 is 0 Å². The maximum atomic E-state index is 13.0. The number of rotatable bonds is 10. The van der Waals surface area contributed by atoms with Crippen LogP contribution in [0.25, 0.3) is 16.8 Å². The van der Waals surface area contributed by atoms with Crippen LogP contribution in [-0.2, 0) is 13.5 Å². The smallest absolute Gasteiger partial charge is 0.253 e. The molecule has 0 aliphatic rings. The second kappa shape index (κ2) is 11.4. The highest BCUT2D eigenvalue weighted by atomic mass is 35.5. The second-order valence-electron chi connectivity index (χ2n) is 8.96. The molecule has 3 aromatic rings. The van der Waals surface area contributed by atoms with E-state index in [2.05, 4.69) is 16.9 Å². The molecule has 0 radical (unpaired) electrons. The number of carbonyl (C=O) groups excluding carboxylic acids is 1. The first-order valence-corrected chi connectivity index (χ1v) is 11.9. The molecule has 0 unspecified atom stereocenters. The van der Waals surface area contributed by atoms with Gasteiger partial charge in [-0.2, -0.15) is 0 Å². The van der Waals surface area contributed by atoms with Gasteiger partial charge in [-0.05, 0) is 50.8 Å². The molecule has 0 fully saturated rings. The number of allylic oxidation sites excluding steroid dienone is 1. The van der Waals surface area contributed by atoms with Crippen molar-refractivity contribution >= 4 is 28.8 Å². The number of nitrogens with two attached hydrogens (primary N) is 1. The zero-order valence-electron chi connectivity index (χ0n) is 20.6. The molecule has 1 atom stereocenters. The third kappa shape index (κ3) is 6.65. The summed E-state index contributed by atoms with van der Waals surface area (Å²) in [6.07, 6.45) is 2.85. The highest BCUT2D eigenvalue weighted by Gasteiger charge is 2.19. The number of nitrogens with zero attached hydrogens (tertiary/aromatic N) is 2. The molecule has 1 amide bonds. The van der Waals surface area contributed by atoms with Gasteiger partial charge in [0.15, 0.2) is 0 Å². The number of halogens is 1. The van der Waals surface area contributed by atoms with Crippen molar-refractivity contribution in [2.24, 2.45) is 7.05 Å². The van der Waals surface area contributed by atoms with Crippen molar-refractivity contribution in [3.8, 4) is 17.0 Å². The Kier molecular flexibility index (Phi) is 8.59. The first-order valence-electron chi connectivity index (χ1n) is 11.5. The number of aromatic nitrogens is 2. The lowest BCUT2D eigenvalue weighted by atomic mass is 10.0. The third-order valence-electron chi connectivity index (χ3n) is 5.51. The van der Waals surface area contributed by atoms with E-state index in [1.165, 1.54) is 6.07 Å². The fourth-order valence-corrected chi connectivity index (χ4v) is 4.06. The van der Waals surface area contributed by atoms with Gasteiger partial charge < -0.3 is 25.5 Å². The highest BCUT2D eigenvalue weighted by molar-refractivity contribution is 6.32. The average molecular weight is 497 g/mol. The molecular formula is C27H33ClN4O3. The van der Waals surface area contributed by atoms with Gasteiger partial charge in [0.1, 0.15) is 11.6 Å². The molecule has 186 valence electrons. The van der Waals surface area contributed by atoms with E-state index in [4.69, 9.17) is 22.1 Å². The molecule has 4 N–H and O–H groups in total. The second-order valence-corrected chi connectivity index (χ2v) is 9.37. The van der Waals surface area contributed by atoms with E-state index in [-0.39, 0.29) is 35.9 Å². The summed E-state index contributed by atoms with van der Waals surface area (Å²) in [5.74, 6) is 0.931. The fourth-order valence-electron chi connectivity index (χ4n) is 3.85. The molecule has 0 saturated heterocycles. The van der Waals surface area contributed by atoms with Crippen LogP contribution < -0.4 is 15.8 Å². The number of nitrogens with one attached hydrogen (secondary N) is 1. The van der Waals surface area contributed by atoms with Crippen molar-refractivity contribution in [2.45, 2.75) is 45.8 Å². The first-order chi connectivity index (χ1) is 16.6. The standard InChI is InChI=1S/C27H33ClN4O3/c1-16(2)26-31-24(15-32(26)5)19-8-6-18(7-9-19)12-20(10-11-33)30-27(34)21-13-22(28)25(14-23(21)29)35-17(3)4/h6-9,13-15,17,20,33H,1,10-12,29H2,2-5H3,(H,30,34)/t20-/m1/s1. The Hall–Kier alpha value is -3.29. The molecule has 0 aliphatic carbocycles. The van der Waals surface area contributed by atoms with Crippen LogP contribution in [0.15, 0.2) is 49.2 Å². The number of hydrogen-bond donors (Lipinski definition) is 3. The molecule has 0 bridgehead atoms. The molecule has 0 spiro atoms. The normalized spacial score (nSPS) is 12.0. The van der Waals surface area contributed by atoms with Gasteiger partial charge in [0, 0.05) is 43.2 Å². The molecule has 8 heteroatoms. The van der Waals surface area contributed by atoms with E-state index >= 15 is 0 Å². The topological polar surface area (TPSA) is 102 Å². The Morgan fingerprint density at radius 3 is 2.54 bits per heavy atom. The van der Waals surface area contributed by atoms with E-state index in [9.17, 15) is 9.90 Å². The number of aliphatic hydroxyl groups is 1. The maximum absolute atomic E-state index is 13.0. The van der Waals surface area contributed by atoms with Crippen LogP contribution >= 0.6 is 11.6 Å². The first kappa shape index (κ1) is 26.3. The minimum absolute atomic E-state index is 0.0575. The number of benzene rings is 2. The van der Waals surface area contributed by atoms with Gasteiger partial charge in [0.2, 0.25) is 0 Å². The van der Waals surface area contributed by atoms with Crippen LogP contribution in [0.5, 0.6) is 5.75 Å². The largest absolute Gasteiger partial charge is 0.489 e. The number of aliphatic hydroxyl groups excluding tert-OH is 1. The number of carbonyl (C=O) groups is 1. The monoisotopic (exact) mass is 496 g/mol. The number of hydrogen-bond acceptors (Lipinski definition) is 5. The van der Waals surface area contributed by atoms with Crippen molar-refractivity contribution in [2.75, 3.05) is 12.3 Å².